The Morgan fingerprint density at radius 2 is 1.94 bits per heavy atom. The van der Waals surface area contributed by atoms with Gasteiger partial charge < -0.3 is 5.11 Å². The van der Waals surface area contributed by atoms with Gasteiger partial charge in [-0.25, -0.2) is 18.6 Å². The number of nitrogens with zero attached hydrogens (tertiary/aromatic N) is 1. The molecule has 0 saturated heterocycles. The summed E-state index contributed by atoms with van der Waals surface area (Å²) in [4.78, 5) is 13.3. The Bertz CT molecular complexity index is 460. The second kappa shape index (κ2) is 4.44. The van der Waals surface area contributed by atoms with Crippen molar-refractivity contribution in [1.29, 1.82) is 0 Å². The maximum Gasteiger partial charge on any atom is 0.433 e. The largest absolute Gasteiger partial charge is 0.478 e. The number of carboxylic acids is 1. The lowest BCUT2D eigenvalue weighted by Crippen LogP contribution is -2.17. The van der Waals surface area contributed by atoms with E-state index in [1.807, 2.05) is 0 Å². The van der Waals surface area contributed by atoms with Crippen LogP contribution < -0.4 is 0 Å². The second-order valence-corrected chi connectivity index (χ2v) is 3.25. The Hall–Kier alpha value is -1.44. The van der Waals surface area contributed by atoms with Crippen LogP contribution >= 0.6 is 11.6 Å². The molecule has 0 aliphatic heterocycles. The van der Waals surface area contributed by atoms with Crippen molar-refractivity contribution in [3.63, 3.8) is 0 Å². The van der Waals surface area contributed by atoms with Crippen LogP contribution in [0.2, 0.25) is 5.15 Å². The molecule has 94 valence electrons. The number of carboxylic acid groups (broad SMARTS) is 1. The van der Waals surface area contributed by atoms with Crippen LogP contribution in [0.5, 0.6) is 0 Å². The molecule has 9 heteroatoms. The highest BCUT2D eigenvalue weighted by molar-refractivity contribution is 6.29. The van der Waals surface area contributed by atoms with Gasteiger partial charge >= 0.3 is 12.1 Å². The summed E-state index contributed by atoms with van der Waals surface area (Å²) < 4.78 is 62.1. The zero-order valence-electron chi connectivity index (χ0n) is 7.73. The molecule has 0 amide bonds. The van der Waals surface area contributed by atoms with E-state index in [0.717, 1.165) is 0 Å². The molecule has 0 saturated carbocycles. The normalized spacial score (nSPS) is 11.9. The molecule has 0 bridgehead atoms. The van der Waals surface area contributed by atoms with E-state index < -0.39 is 40.5 Å². The smallest absolute Gasteiger partial charge is 0.433 e. The molecule has 0 radical (unpaired) electrons. The zero-order valence-corrected chi connectivity index (χ0v) is 8.48. The lowest BCUT2D eigenvalue weighted by atomic mass is 10.1. The van der Waals surface area contributed by atoms with E-state index in [4.69, 9.17) is 16.7 Å². The molecule has 0 fully saturated rings. The summed E-state index contributed by atoms with van der Waals surface area (Å²) in [5.41, 5.74) is -4.89. The molecule has 0 unspecified atom stereocenters. The molecular formula is C8H3ClF5NO2. The summed E-state index contributed by atoms with van der Waals surface area (Å²) in [6, 6.07) is 0.445. The highest BCUT2D eigenvalue weighted by Gasteiger charge is 2.40. The number of hydrogen-bond acceptors (Lipinski definition) is 2. The van der Waals surface area contributed by atoms with Crippen LogP contribution in [0.15, 0.2) is 6.07 Å². The molecule has 1 heterocycles. The molecule has 0 atom stereocenters. The van der Waals surface area contributed by atoms with Crippen LogP contribution in [-0.4, -0.2) is 16.1 Å². The van der Waals surface area contributed by atoms with Crippen molar-refractivity contribution >= 4 is 17.6 Å². The van der Waals surface area contributed by atoms with Gasteiger partial charge in [-0.05, 0) is 6.07 Å². The molecule has 1 rings (SSSR count). The van der Waals surface area contributed by atoms with E-state index in [-0.39, 0.29) is 0 Å². The average Bonchev–Trinajstić information content (AvgIpc) is 2.14. The first-order valence-electron chi connectivity index (χ1n) is 3.93. The Morgan fingerprint density at radius 3 is 2.29 bits per heavy atom. The minimum Gasteiger partial charge on any atom is -0.478 e. The van der Waals surface area contributed by atoms with Gasteiger partial charge in [0, 0.05) is 0 Å². The number of aromatic nitrogens is 1. The number of alkyl halides is 5. The SMILES string of the molecule is O=C(O)c1cc(Cl)nc(C(F)(F)F)c1C(F)F. The van der Waals surface area contributed by atoms with Gasteiger partial charge in [-0.15, -0.1) is 0 Å². The van der Waals surface area contributed by atoms with E-state index in [2.05, 4.69) is 4.98 Å². The van der Waals surface area contributed by atoms with Crippen molar-refractivity contribution in [2.24, 2.45) is 0 Å². The summed E-state index contributed by atoms with van der Waals surface area (Å²) in [7, 11) is 0. The molecule has 17 heavy (non-hydrogen) atoms. The fourth-order valence-corrected chi connectivity index (χ4v) is 1.33. The van der Waals surface area contributed by atoms with Gasteiger partial charge in [0.2, 0.25) is 0 Å². The Labute approximate surface area is 95.8 Å². The van der Waals surface area contributed by atoms with Crippen molar-refractivity contribution in [3.05, 3.63) is 28.0 Å². The molecule has 0 spiro atoms. The fourth-order valence-electron chi connectivity index (χ4n) is 1.14. The van der Waals surface area contributed by atoms with Gasteiger partial charge in [-0.3, -0.25) is 0 Å². The van der Waals surface area contributed by atoms with Crippen LogP contribution in [-0.2, 0) is 6.18 Å². The summed E-state index contributed by atoms with van der Waals surface area (Å²) >= 11 is 5.16. The molecule has 0 aliphatic rings. The molecule has 1 N–H and O–H groups in total. The molecule has 3 nitrogen and oxygen atoms in total. The molecule has 0 aliphatic carbocycles. The fraction of sp³-hybridized carbons (Fsp3) is 0.250. The first-order valence-corrected chi connectivity index (χ1v) is 4.31. The summed E-state index contributed by atoms with van der Waals surface area (Å²) in [6.45, 7) is 0. The van der Waals surface area contributed by atoms with E-state index in [9.17, 15) is 26.7 Å². The maximum absolute atomic E-state index is 12.5. The van der Waals surface area contributed by atoms with E-state index in [1.165, 1.54) is 0 Å². The minimum atomic E-state index is -5.21. The van der Waals surface area contributed by atoms with Crippen LogP contribution in [0.3, 0.4) is 0 Å². The number of pyridine rings is 1. The quantitative estimate of drug-likeness (QED) is 0.665. The van der Waals surface area contributed by atoms with Gasteiger partial charge in [-0.2, -0.15) is 13.2 Å². The van der Waals surface area contributed by atoms with Gasteiger partial charge in [-0.1, -0.05) is 11.6 Å². The first-order chi connectivity index (χ1) is 7.64. The Kier molecular flexibility index (Phi) is 3.56. The number of halogens is 6. The standard InChI is InChI=1S/C8H3ClF5NO2/c9-3-1-2(7(16)17)4(6(10)11)5(15-3)8(12,13)14/h1,6H,(H,16,17). The molecular weight excluding hydrogens is 273 g/mol. The average molecular weight is 276 g/mol. The number of rotatable bonds is 2. The predicted octanol–water partition coefficient (Wildman–Crippen LogP) is 3.39. The van der Waals surface area contributed by atoms with Crippen LogP contribution in [0.4, 0.5) is 22.0 Å². The van der Waals surface area contributed by atoms with Crippen LogP contribution in [0.25, 0.3) is 0 Å². The monoisotopic (exact) mass is 275 g/mol. The van der Waals surface area contributed by atoms with Crippen molar-refractivity contribution in [3.8, 4) is 0 Å². The van der Waals surface area contributed by atoms with E-state index >= 15 is 0 Å². The zero-order chi connectivity index (χ0) is 13.4. The number of aromatic carboxylic acids is 1. The van der Waals surface area contributed by atoms with Gasteiger partial charge in [0.1, 0.15) is 5.15 Å². The maximum atomic E-state index is 12.5. The third kappa shape index (κ3) is 2.82. The summed E-state index contributed by atoms with van der Waals surface area (Å²) in [5.74, 6) is -1.94. The second-order valence-electron chi connectivity index (χ2n) is 2.86. The van der Waals surface area contributed by atoms with Crippen molar-refractivity contribution in [2.75, 3.05) is 0 Å². The lowest BCUT2D eigenvalue weighted by molar-refractivity contribution is -0.143. The molecule has 1 aromatic rings. The molecule has 0 aromatic carbocycles. The lowest BCUT2D eigenvalue weighted by Gasteiger charge is -2.13. The van der Waals surface area contributed by atoms with Gasteiger partial charge in [0.05, 0.1) is 11.1 Å². The van der Waals surface area contributed by atoms with Crippen molar-refractivity contribution in [2.45, 2.75) is 12.6 Å². The van der Waals surface area contributed by atoms with E-state index in [1.54, 1.807) is 0 Å². The minimum absolute atomic E-state index is 0.445. The van der Waals surface area contributed by atoms with Crippen molar-refractivity contribution < 1.29 is 31.9 Å². The summed E-state index contributed by atoms with van der Waals surface area (Å²) in [6.07, 6.45) is -8.83. The molecule has 1 aromatic heterocycles. The highest BCUT2D eigenvalue weighted by atomic mass is 35.5. The van der Waals surface area contributed by atoms with Gasteiger partial charge in [0.25, 0.3) is 6.43 Å². The Balaban J connectivity index is 3.64. The van der Waals surface area contributed by atoms with Crippen LogP contribution in [0, 0.1) is 0 Å². The number of carbonyl (C=O) groups is 1. The third-order valence-corrected chi connectivity index (χ3v) is 1.94. The topological polar surface area (TPSA) is 50.2 Å². The Morgan fingerprint density at radius 1 is 1.41 bits per heavy atom. The van der Waals surface area contributed by atoms with E-state index in [0.29, 0.717) is 6.07 Å². The van der Waals surface area contributed by atoms with Crippen molar-refractivity contribution in [1.82, 2.24) is 4.98 Å². The summed E-state index contributed by atoms with van der Waals surface area (Å²) in [5, 5.41) is 7.72. The number of hydrogen-bond donors (Lipinski definition) is 1. The third-order valence-electron chi connectivity index (χ3n) is 1.74. The predicted molar refractivity (Wildman–Crippen MR) is 46.2 cm³/mol. The first kappa shape index (κ1) is 13.6. The van der Waals surface area contributed by atoms with Crippen LogP contribution in [0.1, 0.15) is 28.0 Å². The van der Waals surface area contributed by atoms with Gasteiger partial charge in [0.15, 0.2) is 5.69 Å². The highest BCUT2D eigenvalue weighted by Crippen LogP contribution is 2.37.